The number of hydrogen-bond acceptors (Lipinski definition) is 4. The van der Waals surface area contributed by atoms with Gasteiger partial charge in [-0.3, -0.25) is 9.59 Å². The molecule has 3 rings (SSSR count). The summed E-state index contributed by atoms with van der Waals surface area (Å²) in [5, 5.41) is 3.31. The van der Waals surface area contributed by atoms with Crippen LogP contribution < -0.4 is 11.1 Å². The average molecular weight is 398 g/mol. The lowest BCUT2D eigenvalue weighted by atomic mass is 10.1. The van der Waals surface area contributed by atoms with Crippen LogP contribution in [-0.4, -0.2) is 35.8 Å². The Bertz CT molecular complexity index is 803. The van der Waals surface area contributed by atoms with Crippen LogP contribution >= 0.6 is 23.7 Å². The molecule has 140 valence electrons. The largest absolute Gasteiger partial charge is 0.338 e. The molecule has 3 N–H and O–H groups in total. The van der Waals surface area contributed by atoms with Crippen LogP contribution in [0.15, 0.2) is 30.3 Å². The molecule has 1 fully saturated rings. The van der Waals surface area contributed by atoms with Gasteiger partial charge in [0.2, 0.25) is 0 Å². The van der Waals surface area contributed by atoms with E-state index in [0.717, 1.165) is 18.4 Å². The van der Waals surface area contributed by atoms with Gasteiger partial charge in [0.05, 0.1) is 9.88 Å². The van der Waals surface area contributed by atoms with Crippen molar-refractivity contribution in [2.24, 2.45) is 5.73 Å². The lowest BCUT2D eigenvalue weighted by Crippen LogP contribution is -2.42. The number of hydrogen-bond donors (Lipinski definition) is 2. The molecule has 0 radical (unpaired) electrons. The number of halogens is 2. The third-order valence-corrected chi connectivity index (χ3v) is 5.40. The molecule has 2 heterocycles. The number of nitrogens with zero attached hydrogens (tertiary/aromatic N) is 1. The van der Waals surface area contributed by atoms with Crippen molar-refractivity contribution in [1.82, 2.24) is 4.90 Å². The molecular formula is C18H21ClFN3O2S. The summed E-state index contributed by atoms with van der Waals surface area (Å²) in [5.41, 5.74) is 6.94. The van der Waals surface area contributed by atoms with Gasteiger partial charge in [0, 0.05) is 24.7 Å². The second-order valence-corrected chi connectivity index (χ2v) is 7.27. The fraction of sp³-hybridized carbons (Fsp3) is 0.333. The minimum absolute atomic E-state index is 0. The summed E-state index contributed by atoms with van der Waals surface area (Å²) < 4.78 is 13.2. The first kappa shape index (κ1) is 20.4. The first-order chi connectivity index (χ1) is 11.9. The van der Waals surface area contributed by atoms with Gasteiger partial charge in [-0.2, -0.15) is 0 Å². The average Bonchev–Trinajstić information content (AvgIpc) is 2.95. The SMILES string of the molecule is Cc1cc(NC(=O)c2cccc(F)c2)sc1C(=O)N1CCC(N)CC1.Cl. The summed E-state index contributed by atoms with van der Waals surface area (Å²) in [5.74, 6) is -0.890. The Morgan fingerprint density at radius 1 is 1.27 bits per heavy atom. The van der Waals surface area contributed by atoms with Gasteiger partial charge in [-0.15, -0.1) is 23.7 Å². The summed E-state index contributed by atoms with van der Waals surface area (Å²) in [6, 6.07) is 7.42. The van der Waals surface area contributed by atoms with E-state index in [1.807, 2.05) is 6.92 Å². The molecule has 1 aliphatic heterocycles. The lowest BCUT2D eigenvalue weighted by Gasteiger charge is -2.30. The van der Waals surface area contributed by atoms with Crippen molar-refractivity contribution < 1.29 is 14.0 Å². The minimum Gasteiger partial charge on any atom is -0.338 e. The number of benzene rings is 1. The predicted octanol–water partition coefficient (Wildman–Crippen LogP) is 3.43. The third-order valence-electron chi connectivity index (χ3n) is 4.26. The summed E-state index contributed by atoms with van der Waals surface area (Å²) in [7, 11) is 0. The molecule has 0 bridgehead atoms. The molecule has 2 aromatic rings. The highest BCUT2D eigenvalue weighted by atomic mass is 35.5. The topological polar surface area (TPSA) is 75.4 Å². The first-order valence-electron chi connectivity index (χ1n) is 8.16. The van der Waals surface area contributed by atoms with E-state index in [2.05, 4.69) is 5.32 Å². The van der Waals surface area contributed by atoms with Crippen LogP contribution in [0, 0.1) is 12.7 Å². The van der Waals surface area contributed by atoms with Gasteiger partial charge >= 0.3 is 0 Å². The van der Waals surface area contributed by atoms with Crippen molar-refractivity contribution in [1.29, 1.82) is 0 Å². The Hall–Kier alpha value is -1.96. The fourth-order valence-corrected chi connectivity index (χ4v) is 3.85. The smallest absolute Gasteiger partial charge is 0.264 e. The zero-order valence-corrected chi connectivity index (χ0v) is 16.0. The molecule has 1 saturated heterocycles. The molecule has 0 unspecified atom stereocenters. The number of anilines is 1. The number of carbonyl (C=O) groups is 2. The zero-order valence-electron chi connectivity index (χ0n) is 14.3. The number of piperidine rings is 1. The molecular weight excluding hydrogens is 377 g/mol. The van der Waals surface area contributed by atoms with E-state index in [0.29, 0.717) is 23.0 Å². The van der Waals surface area contributed by atoms with Gasteiger partial charge in [0.15, 0.2) is 0 Å². The van der Waals surface area contributed by atoms with Gasteiger partial charge in [0.25, 0.3) is 11.8 Å². The number of thiophene rings is 1. The number of amides is 2. The Kier molecular flexibility index (Phi) is 6.75. The Labute approximate surface area is 161 Å². The Balaban J connectivity index is 0.00000243. The van der Waals surface area contributed by atoms with Gasteiger partial charge in [-0.25, -0.2) is 4.39 Å². The van der Waals surface area contributed by atoms with Crippen LogP contribution in [0.4, 0.5) is 9.39 Å². The van der Waals surface area contributed by atoms with Crippen molar-refractivity contribution >= 4 is 40.6 Å². The van der Waals surface area contributed by atoms with Crippen molar-refractivity contribution in [3.63, 3.8) is 0 Å². The molecule has 5 nitrogen and oxygen atoms in total. The van der Waals surface area contributed by atoms with Crippen LogP contribution in [0.3, 0.4) is 0 Å². The second kappa shape index (κ2) is 8.62. The van der Waals surface area contributed by atoms with Crippen molar-refractivity contribution in [3.8, 4) is 0 Å². The predicted molar refractivity (Wildman–Crippen MR) is 104 cm³/mol. The first-order valence-corrected chi connectivity index (χ1v) is 8.98. The number of nitrogens with one attached hydrogen (secondary N) is 1. The summed E-state index contributed by atoms with van der Waals surface area (Å²) in [4.78, 5) is 27.3. The van der Waals surface area contributed by atoms with Gasteiger partial charge in [-0.1, -0.05) is 6.07 Å². The molecule has 1 aromatic carbocycles. The fourth-order valence-electron chi connectivity index (χ4n) is 2.82. The Morgan fingerprint density at radius 3 is 2.62 bits per heavy atom. The van der Waals surface area contributed by atoms with Crippen LogP contribution in [0.25, 0.3) is 0 Å². The molecule has 8 heteroatoms. The summed E-state index contributed by atoms with van der Waals surface area (Å²) >= 11 is 1.24. The van der Waals surface area contributed by atoms with E-state index < -0.39 is 11.7 Å². The van der Waals surface area contributed by atoms with Crippen LogP contribution in [-0.2, 0) is 0 Å². The molecule has 0 spiro atoms. The van der Waals surface area contributed by atoms with E-state index in [1.54, 1.807) is 17.0 Å². The molecule has 0 atom stereocenters. The zero-order chi connectivity index (χ0) is 18.0. The number of likely N-dealkylation sites (tertiary alicyclic amines) is 1. The number of carbonyl (C=O) groups excluding carboxylic acids is 2. The van der Waals surface area contributed by atoms with Gasteiger partial charge in [-0.05, 0) is 49.6 Å². The molecule has 2 amide bonds. The van der Waals surface area contributed by atoms with E-state index >= 15 is 0 Å². The van der Waals surface area contributed by atoms with Gasteiger partial charge in [0.1, 0.15) is 5.82 Å². The van der Waals surface area contributed by atoms with E-state index in [1.165, 1.54) is 29.5 Å². The van der Waals surface area contributed by atoms with Crippen molar-refractivity contribution in [3.05, 3.63) is 52.2 Å². The second-order valence-electron chi connectivity index (χ2n) is 6.22. The van der Waals surface area contributed by atoms with Gasteiger partial charge < -0.3 is 16.0 Å². The minimum atomic E-state index is -0.464. The van der Waals surface area contributed by atoms with E-state index in [4.69, 9.17) is 5.73 Å². The standard InChI is InChI=1S/C18H20FN3O2S.ClH/c1-11-9-15(21-17(23)12-3-2-4-13(19)10-12)25-16(11)18(24)22-7-5-14(20)6-8-22;/h2-4,9-10,14H,5-8,20H2,1H3,(H,21,23);1H. The maximum atomic E-state index is 13.2. The monoisotopic (exact) mass is 397 g/mol. The number of aryl methyl sites for hydroxylation is 1. The normalized spacial score (nSPS) is 14.7. The summed E-state index contributed by atoms with van der Waals surface area (Å²) in [6.45, 7) is 3.15. The van der Waals surface area contributed by atoms with Crippen LogP contribution in [0.2, 0.25) is 0 Å². The van der Waals surface area contributed by atoms with Crippen LogP contribution in [0.5, 0.6) is 0 Å². The Morgan fingerprint density at radius 2 is 1.96 bits per heavy atom. The number of nitrogens with two attached hydrogens (primary N) is 1. The summed E-state index contributed by atoms with van der Waals surface area (Å²) in [6.07, 6.45) is 1.61. The van der Waals surface area contributed by atoms with E-state index in [9.17, 15) is 14.0 Å². The maximum absolute atomic E-state index is 13.2. The molecule has 26 heavy (non-hydrogen) atoms. The highest BCUT2D eigenvalue weighted by Gasteiger charge is 2.24. The molecule has 0 saturated carbocycles. The molecule has 0 aliphatic carbocycles. The maximum Gasteiger partial charge on any atom is 0.264 e. The number of rotatable bonds is 3. The highest BCUT2D eigenvalue weighted by Crippen LogP contribution is 2.29. The highest BCUT2D eigenvalue weighted by molar-refractivity contribution is 7.18. The molecule has 1 aromatic heterocycles. The van der Waals surface area contributed by atoms with E-state index in [-0.39, 0.29) is 29.9 Å². The molecule has 1 aliphatic rings. The lowest BCUT2D eigenvalue weighted by molar-refractivity contribution is 0.0719. The van der Waals surface area contributed by atoms with Crippen molar-refractivity contribution in [2.75, 3.05) is 18.4 Å². The third kappa shape index (κ3) is 4.60. The quantitative estimate of drug-likeness (QED) is 0.833. The van der Waals surface area contributed by atoms with Crippen molar-refractivity contribution in [2.45, 2.75) is 25.8 Å². The van der Waals surface area contributed by atoms with Crippen LogP contribution in [0.1, 0.15) is 38.4 Å².